The van der Waals surface area contributed by atoms with E-state index in [1.807, 2.05) is 18.2 Å². The Balaban J connectivity index is 1.37. The lowest BCUT2D eigenvalue weighted by atomic mass is 9.87. The second kappa shape index (κ2) is 7.19. The second-order valence-corrected chi connectivity index (χ2v) is 8.08. The first-order valence-electron chi connectivity index (χ1n) is 10.2. The fourth-order valence-electron chi connectivity index (χ4n) is 4.91. The third-order valence-corrected chi connectivity index (χ3v) is 6.27. The van der Waals surface area contributed by atoms with Gasteiger partial charge in [-0.3, -0.25) is 9.69 Å². The summed E-state index contributed by atoms with van der Waals surface area (Å²) >= 11 is 0. The van der Waals surface area contributed by atoms with Crippen molar-refractivity contribution in [2.45, 2.75) is 38.8 Å². The van der Waals surface area contributed by atoms with E-state index in [4.69, 9.17) is 4.42 Å². The Hall–Kier alpha value is -2.43. The van der Waals surface area contributed by atoms with Gasteiger partial charge in [-0.15, -0.1) is 0 Å². The summed E-state index contributed by atoms with van der Waals surface area (Å²) in [4.78, 5) is 15.7. The van der Waals surface area contributed by atoms with Gasteiger partial charge in [-0.05, 0) is 66.3 Å². The van der Waals surface area contributed by atoms with Gasteiger partial charge < -0.3 is 9.52 Å². The monoisotopic (exact) mass is 375 g/mol. The van der Waals surface area contributed by atoms with Crippen LogP contribution in [0.25, 0.3) is 10.8 Å². The molecule has 5 rings (SSSR count). The first kappa shape index (κ1) is 17.7. The third kappa shape index (κ3) is 3.07. The highest BCUT2D eigenvalue weighted by Crippen LogP contribution is 2.34. The lowest BCUT2D eigenvalue weighted by Gasteiger charge is -2.31. The average Bonchev–Trinajstić information content (AvgIpc) is 3.36. The average molecular weight is 375 g/mol. The summed E-state index contributed by atoms with van der Waals surface area (Å²) in [5, 5.41) is 11.6. The number of nitrogens with zero attached hydrogens (tertiary/aromatic N) is 1. The van der Waals surface area contributed by atoms with Crippen molar-refractivity contribution in [1.29, 1.82) is 0 Å². The SMILES string of the molecule is O=C(c1ccc2c3c(cccc13)CC2)[C@H]1CCCN(Cc2ccc(CO)o2)C1. The molecule has 4 heteroatoms. The number of likely N-dealkylation sites (tertiary alicyclic amines) is 1. The smallest absolute Gasteiger partial charge is 0.167 e. The van der Waals surface area contributed by atoms with Crippen molar-refractivity contribution in [3.63, 3.8) is 0 Å². The molecule has 3 aromatic rings. The van der Waals surface area contributed by atoms with Crippen LogP contribution < -0.4 is 0 Å². The molecule has 0 bridgehead atoms. The van der Waals surface area contributed by atoms with E-state index < -0.39 is 0 Å². The molecule has 1 aliphatic carbocycles. The molecule has 28 heavy (non-hydrogen) atoms. The van der Waals surface area contributed by atoms with Gasteiger partial charge in [0.15, 0.2) is 5.78 Å². The molecule has 4 nitrogen and oxygen atoms in total. The highest BCUT2D eigenvalue weighted by molar-refractivity contribution is 6.11. The van der Waals surface area contributed by atoms with Crippen LogP contribution in [-0.2, 0) is 26.0 Å². The van der Waals surface area contributed by atoms with Gasteiger partial charge >= 0.3 is 0 Å². The number of Topliss-reactive ketones (excluding diaryl/α,β-unsaturated/α-hetero) is 1. The highest BCUT2D eigenvalue weighted by atomic mass is 16.4. The molecular weight excluding hydrogens is 350 g/mol. The zero-order valence-electron chi connectivity index (χ0n) is 16.0. The van der Waals surface area contributed by atoms with E-state index in [0.29, 0.717) is 12.3 Å². The number of benzene rings is 2. The van der Waals surface area contributed by atoms with Crippen molar-refractivity contribution in [3.05, 3.63) is 70.7 Å². The van der Waals surface area contributed by atoms with Crippen LogP contribution >= 0.6 is 0 Å². The Morgan fingerprint density at radius 1 is 1.07 bits per heavy atom. The summed E-state index contributed by atoms with van der Waals surface area (Å²) < 4.78 is 5.63. The number of aliphatic hydroxyl groups is 1. The van der Waals surface area contributed by atoms with Crippen LogP contribution in [0, 0.1) is 5.92 Å². The van der Waals surface area contributed by atoms with E-state index in [0.717, 1.165) is 55.5 Å². The van der Waals surface area contributed by atoms with Crippen LogP contribution in [0.1, 0.15) is 45.8 Å². The summed E-state index contributed by atoms with van der Waals surface area (Å²) in [7, 11) is 0. The Morgan fingerprint density at radius 2 is 1.89 bits per heavy atom. The number of carbonyl (C=O) groups excluding carboxylic acids is 1. The van der Waals surface area contributed by atoms with E-state index >= 15 is 0 Å². The molecule has 2 heterocycles. The number of rotatable bonds is 5. The van der Waals surface area contributed by atoms with Gasteiger partial charge in [-0.25, -0.2) is 0 Å². The lowest BCUT2D eigenvalue weighted by molar-refractivity contribution is 0.0803. The minimum atomic E-state index is -0.0772. The van der Waals surface area contributed by atoms with Crippen molar-refractivity contribution in [1.82, 2.24) is 4.90 Å². The first-order valence-corrected chi connectivity index (χ1v) is 10.2. The number of piperidine rings is 1. The summed E-state index contributed by atoms with van der Waals surface area (Å²) in [6.07, 6.45) is 4.13. The fraction of sp³-hybridized carbons (Fsp3) is 0.375. The molecule has 1 fully saturated rings. The number of hydrogen-bond acceptors (Lipinski definition) is 4. The molecule has 0 unspecified atom stereocenters. The maximum Gasteiger partial charge on any atom is 0.167 e. The number of aliphatic hydroxyl groups excluding tert-OH is 1. The van der Waals surface area contributed by atoms with Crippen molar-refractivity contribution in [3.8, 4) is 0 Å². The lowest BCUT2D eigenvalue weighted by Crippen LogP contribution is -2.38. The molecule has 0 spiro atoms. The molecule has 0 saturated carbocycles. The predicted molar refractivity (Wildman–Crippen MR) is 108 cm³/mol. The predicted octanol–water partition coefficient (Wildman–Crippen LogP) is 4.12. The molecular formula is C24H25NO3. The topological polar surface area (TPSA) is 53.7 Å². The van der Waals surface area contributed by atoms with E-state index in [-0.39, 0.29) is 18.3 Å². The number of ketones is 1. The zero-order valence-corrected chi connectivity index (χ0v) is 16.0. The van der Waals surface area contributed by atoms with Crippen LogP contribution in [0.15, 0.2) is 46.9 Å². The fourth-order valence-corrected chi connectivity index (χ4v) is 4.91. The van der Waals surface area contributed by atoms with Crippen LogP contribution in [0.5, 0.6) is 0 Å². The van der Waals surface area contributed by atoms with Crippen molar-refractivity contribution >= 4 is 16.6 Å². The Labute approximate surface area is 164 Å². The molecule has 1 N–H and O–H groups in total. The largest absolute Gasteiger partial charge is 0.462 e. The quantitative estimate of drug-likeness (QED) is 0.682. The van der Waals surface area contributed by atoms with Crippen molar-refractivity contribution in [2.24, 2.45) is 5.92 Å². The highest BCUT2D eigenvalue weighted by Gasteiger charge is 2.29. The molecule has 1 atom stereocenters. The number of furan rings is 1. The second-order valence-electron chi connectivity index (χ2n) is 8.08. The van der Waals surface area contributed by atoms with Crippen LogP contribution in [0.4, 0.5) is 0 Å². The maximum absolute atomic E-state index is 13.4. The summed E-state index contributed by atoms with van der Waals surface area (Å²) in [6, 6.07) is 14.3. The van der Waals surface area contributed by atoms with Gasteiger partial charge in [-0.1, -0.05) is 30.3 Å². The third-order valence-electron chi connectivity index (χ3n) is 6.27. The summed E-state index contributed by atoms with van der Waals surface area (Å²) in [5.74, 6) is 1.74. The zero-order chi connectivity index (χ0) is 19.1. The number of hydrogen-bond donors (Lipinski definition) is 1. The van der Waals surface area contributed by atoms with Gasteiger partial charge in [-0.2, -0.15) is 0 Å². The van der Waals surface area contributed by atoms with Gasteiger partial charge in [0.1, 0.15) is 18.1 Å². The van der Waals surface area contributed by atoms with E-state index in [1.54, 1.807) is 0 Å². The van der Waals surface area contributed by atoms with Crippen molar-refractivity contribution in [2.75, 3.05) is 13.1 Å². The molecule has 1 aliphatic heterocycles. The standard InChI is InChI=1S/C24H25NO3/c26-15-20-10-9-19(28-20)14-25-12-2-4-18(13-25)24(27)22-11-8-17-7-6-16-3-1-5-21(22)23(16)17/h1,3,5,8-11,18,26H,2,4,6-7,12-15H2/t18-/m0/s1. The Kier molecular flexibility index (Phi) is 4.53. The van der Waals surface area contributed by atoms with E-state index in [1.165, 1.54) is 16.5 Å². The van der Waals surface area contributed by atoms with E-state index in [9.17, 15) is 9.90 Å². The minimum Gasteiger partial charge on any atom is -0.462 e. The molecule has 1 aromatic heterocycles. The van der Waals surface area contributed by atoms with Crippen molar-refractivity contribution < 1.29 is 14.3 Å². The first-order chi connectivity index (χ1) is 13.7. The van der Waals surface area contributed by atoms with Crippen LogP contribution in [0.3, 0.4) is 0 Å². The Bertz CT molecular complexity index is 1030. The van der Waals surface area contributed by atoms with Crippen LogP contribution in [-0.4, -0.2) is 28.9 Å². The normalized spacial score (nSPS) is 19.4. The molecule has 1 saturated heterocycles. The van der Waals surface area contributed by atoms with Gasteiger partial charge in [0.25, 0.3) is 0 Å². The van der Waals surface area contributed by atoms with Gasteiger partial charge in [0.2, 0.25) is 0 Å². The van der Waals surface area contributed by atoms with Crippen LogP contribution in [0.2, 0.25) is 0 Å². The summed E-state index contributed by atoms with van der Waals surface area (Å²) in [6.45, 7) is 2.35. The molecule has 0 amide bonds. The molecule has 144 valence electrons. The van der Waals surface area contributed by atoms with E-state index in [2.05, 4.69) is 29.2 Å². The number of carbonyl (C=O) groups is 1. The molecule has 2 aromatic carbocycles. The maximum atomic E-state index is 13.4. The van der Waals surface area contributed by atoms with Gasteiger partial charge in [0, 0.05) is 18.0 Å². The van der Waals surface area contributed by atoms with Gasteiger partial charge in [0.05, 0.1) is 6.54 Å². The minimum absolute atomic E-state index is 0.0273. The number of aryl methyl sites for hydroxylation is 2. The Morgan fingerprint density at radius 3 is 2.71 bits per heavy atom. The molecule has 2 aliphatic rings. The summed E-state index contributed by atoms with van der Waals surface area (Å²) in [5.41, 5.74) is 3.64. The molecule has 0 radical (unpaired) electrons.